The van der Waals surface area contributed by atoms with Gasteiger partial charge in [0.1, 0.15) is 5.82 Å². The van der Waals surface area contributed by atoms with E-state index in [4.69, 9.17) is 0 Å². The molecule has 2 amide bonds. The lowest BCUT2D eigenvalue weighted by atomic mass is 10.1. The third kappa shape index (κ3) is 3.86. The summed E-state index contributed by atoms with van der Waals surface area (Å²) in [5, 5.41) is 6.63. The van der Waals surface area contributed by atoms with Gasteiger partial charge in [-0.2, -0.15) is 0 Å². The lowest BCUT2D eigenvalue weighted by Crippen LogP contribution is -2.29. The van der Waals surface area contributed by atoms with Crippen molar-refractivity contribution < 1.29 is 14.0 Å². The first-order chi connectivity index (χ1) is 13.6. The van der Waals surface area contributed by atoms with Gasteiger partial charge in [0.05, 0.1) is 23.0 Å². The summed E-state index contributed by atoms with van der Waals surface area (Å²) in [5.74, 6) is -1.28. The van der Waals surface area contributed by atoms with Crippen LogP contribution in [0, 0.1) is 17.7 Å². The number of amides is 2. The Balaban J connectivity index is 1.30. The summed E-state index contributed by atoms with van der Waals surface area (Å²) in [4.78, 5) is 29.1. The molecule has 1 heterocycles. The highest BCUT2D eigenvalue weighted by Crippen LogP contribution is 2.39. The lowest BCUT2D eigenvalue weighted by molar-refractivity contribution is -0.125. The number of para-hydroxylation sites is 1. The Bertz CT molecular complexity index is 1030. The van der Waals surface area contributed by atoms with Gasteiger partial charge in [0, 0.05) is 18.1 Å². The van der Waals surface area contributed by atoms with E-state index < -0.39 is 0 Å². The van der Waals surface area contributed by atoms with Gasteiger partial charge in [-0.3, -0.25) is 14.6 Å². The predicted octanol–water partition coefficient (Wildman–Crippen LogP) is 3.31. The molecular formula is C22H20FN3O2. The topological polar surface area (TPSA) is 71.1 Å². The summed E-state index contributed by atoms with van der Waals surface area (Å²) in [6.07, 6.45) is 2.63. The minimum atomic E-state index is -0.340. The standard InChI is InChI=1S/C22H20FN3O2/c23-18-8-2-1-5-14(18)10-12-25-21(27)16-13-17(16)22(28)26-19-9-3-6-15-7-4-11-24-20(15)19/h1-9,11,16-17H,10,12-13H2,(H,25,27)(H,26,28). The van der Waals surface area contributed by atoms with Crippen LogP contribution in [0.3, 0.4) is 0 Å². The van der Waals surface area contributed by atoms with E-state index in [9.17, 15) is 14.0 Å². The van der Waals surface area contributed by atoms with Crippen LogP contribution in [0.15, 0.2) is 60.8 Å². The smallest absolute Gasteiger partial charge is 0.228 e. The zero-order valence-corrected chi connectivity index (χ0v) is 15.2. The number of nitrogens with zero attached hydrogens (tertiary/aromatic N) is 1. The molecule has 0 bridgehead atoms. The van der Waals surface area contributed by atoms with E-state index in [0.717, 1.165) is 10.9 Å². The van der Waals surface area contributed by atoms with Crippen molar-refractivity contribution in [2.75, 3.05) is 11.9 Å². The zero-order chi connectivity index (χ0) is 19.5. The fraction of sp³-hybridized carbons (Fsp3) is 0.227. The zero-order valence-electron chi connectivity index (χ0n) is 15.2. The molecule has 2 atom stereocenters. The fourth-order valence-electron chi connectivity index (χ4n) is 3.36. The minimum absolute atomic E-state index is 0.160. The van der Waals surface area contributed by atoms with Gasteiger partial charge in [0.15, 0.2) is 0 Å². The molecule has 0 aliphatic heterocycles. The first-order valence-corrected chi connectivity index (χ1v) is 9.29. The van der Waals surface area contributed by atoms with Crippen LogP contribution < -0.4 is 10.6 Å². The number of benzene rings is 2. The molecule has 4 rings (SSSR count). The number of carbonyl (C=O) groups excluding carboxylic acids is 2. The first kappa shape index (κ1) is 18.1. The van der Waals surface area contributed by atoms with Crippen LogP contribution in [0.2, 0.25) is 0 Å². The van der Waals surface area contributed by atoms with E-state index in [-0.39, 0.29) is 29.5 Å². The van der Waals surface area contributed by atoms with Crippen LogP contribution in [-0.4, -0.2) is 23.3 Å². The second-order valence-corrected chi connectivity index (χ2v) is 6.95. The summed E-state index contributed by atoms with van der Waals surface area (Å²) in [6.45, 7) is 0.345. The Morgan fingerprint density at radius 2 is 1.79 bits per heavy atom. The Hall–Kier alpha value is -3.28. The van der Waals surface area contributed by atoms with Crippen LogP contribution in [0.4, 0.5) is 10.1 Å². The number of halogens is 1. The molecule has 28 heavy (non-hydrogen) atoms. The van der Waals surface area contributed by atoms with Gasteiger partial charge < -0.3 is 10.6 Å². The van der Waals surface area contributed by atoms with Gasteiger partial charge in [0.2, 0.25) is 11.8 Å². The van der Waals surface area contributed by atoms with Crippen molar-refractivity contribution in [3.05, 3.63) is 72.2 Å². The summed E-state index contributed by atoms with van der Waals surface area (Å²) >= 11 is 0. The second-order valence-electron chi connectivity index (χ2n) is 6.95. The van der Waals surface area contributed by atoms with Crippen LogP contribution >= 0.6 is 0 Å². The number of pyridine rings is 1. The molecule has 1 aromatic heterocycles. The first-order valence-electron chi connectivity index (χ1n) is 9.29. The van der Waals surface area contributed by atoms with Gasteiger partial charge in [-0.05, 0) is 36.6 Å². The molecule has 3 aromatic rings. The molecule has 6 heteroatoms. The number of hydrogen-bond donors (Lipinski definition) is 2. The molecule has 5 nitrogen and oxygen atoms in total. The largest absolute Gasteiger partial charge is 0.356 e. The minimum Gasteiger partial charge on any atom is -0.356 e. The van der Waals surface area contributed by atoms with Crippen molar-refractivity contribution >= 4 is 28.4 Å². The second kappa shape index (κ2) is 7.76. The van der Waals surface area contributed by atoms with Crippen LogP contribution in [-0.2, 0) is 16.0 Å². The molecule has 2 aromatic carbocycles. The average molecular weight is 377 g/mol. The Morgan fingerprint density at radius 3 is 2.64 bits per heavy atom. The Morgan fingerprint density at radius 1 is 1.00 bits per heavy atom. The number of nitrogens with one attached hydrogen (secondary N) is 2. The highest BCUT2D eigenvalue weighted by Gasteiger charge is 2.47. The predicted molar refractivity (Wildman–Crippen MR) is 105 cm³/mol. The average Bonchev–Trinajstić information content (AvgIpc) is 3.51. The SMILES string of the molecule is O=C(NCCc1ccccc1F)C1CC1C(=O)Nc1cccc2cccnc12. The van der Waals surface area contributed by atoms with Crippen LogP contribution in [0.1, 0.15) is 12.0 Å². The molecular weight excluding hydrogens is 357 g/mol. The molecule has 2 unspecified atom stereocenters. The van der Waals surface area contributed by atoms with Crippen molar-refractivity contribution in [3.8, 4) is 0 Å². The van der Waals surface area contributed by atoms with E-state index in [1.807, 2.05) is 24.3 Å². The molecule has 142 valence electrons. The molecule has 1 aliphatic rings. The van der Waals surface area contributed by atoms with Gasteiger partial charge in [-0.15, -0.1) is 0 Å². The molecule has 1 aliphatic carbocycles. The number of anilines is 1. The highest BCUT2D eigenvalue weighted by atomic mass is 19.1. The monoisotopic (exact) mass is 377 g/mol. The van der Waals surface area contributed by atoms with Gasteiger partial charge in [-0.1, -0.05) is 36.4 Å². The van der Waals surface area contributed by atoms with E-state index >= 15 is 0 Å². The molecule has 0 saturated heterocycles. The van der Waals surface area contributed by atoms with Crippen molar-refractivity contribution in [3.63, 3.8) is 0 Å². The molecule has 0 radical (unpaired) electrons. The van der Waals surface area contributed by atoms with Crippen molar-refractivity contribution in [1.29, 1.82) is 0 Å². The summed E-state index contributed by atoms with van der Waals surface area (Å²) in [7, 11) is 0. The van der Waals surface area contributed by atoms with Gasteiger partial charge in [-0.25, -0.2) is 4.39 Å². The number of hydrogen-bond acceptors (Lipinski definition) is 3. The van der Waals surface area contributed by atoms with Gasteiger partial charge in [0.25, 0.3) is 0 Å². The number of fused-ring (bicyclic) bond motifs is 1. The van der Waals surface area contributed by atoms with Crippen LogP contribution in [0.25, 0.3) is 10.9 Å². The van der Waals surface area contributed by atoms with Gasteiger partial charge >= 0.3 is 0 Å². The highest BCUT2D eigenvalue weighted by molar-refractivity contribution is 6.04. The number of aromatic nitrogens is 1. The summed E-state index contributed by atoms with van der Waals surface area (Å²) in [6, 6.07) is 15.9. The van der Waals surface area contributed by atoms with E-state index in [1.165, 1.54) is 6.07 Å². The van der Waals surface area contributed by atoms with Crippen molar-refractivity contribution in [1.82, 2.24) is 10.3 Å². The molecule has 1 fully saturated rings. The normalized spacial score (nSPS) is 17.9. The quantitative estimate of drug-likeness (QED) is 0.692. The fourth-order valence-corrected chi connectivity index (χ4v) is 3.36. The van der Waals surface area contributed by atoms with E-state index in [0.29, 0.717) is 30.6 Å². The third-order valence-electron chi connectivity index (χ3n) is 5.01. The lowest BCUT2D eigenvalue weighted by Gasteiger charge is -2.08. The van der Waals surface area contributed by atoms with Crippen molar-refractivity contribution in [2.45, 2.75) is 12.8 Å². The maximum atomic E-state index is 13.6. The third-order valence-corrected chi connectivity index (χ3v) is 5.01. The maximum Gasteiger partial charge on any atom is 0.228 e. The Kier molecular flexibility index (Phi) is 5.02. The maximum absolute atomic E-state index is 13.6. The summed E-state index contributed by atoms with van der Waals surface area (Å²) < 4.78 is 13.6. The number of rotatable bonds is 6. The Labute approximate surface area is 162 Å². The molecule has 0 spiro atoms. The van der Waals surface area contributed by atoms with E-state index in [2.05, 4.69) is 15.6 Å². The molecule has 1 saturated carbocycles. The van der Waals surface area contributed by atoms with Crippen molar-refractivity contribution in [2.24, 2.45) is 11.8 Å². The summed E-state index contributed by atoms with van der Waals surface area (Å²) in [5.41, 5.74) is 1.94. The number of carbonyl (C=O) groups is 2. The van der Waals surface area contributed by atoms with E-state index in [1.54, 1.807) is 30.5 Å². The molecule has 2 N–H and O–H groups in total. The van der Waals surface area contributed by atoms with Crippen LogP contribution in [0.5, 0.6) is 0 Å².